The second kappa shape index (κ2) is 7.82. The number of para-hydroxylation sites is 2. The molecule has 134 valence electrons. The molecule has 26 heavy (non-hydrogen) atoms. The molecule has 1 N–H and O–H groups in total. The molecule has 6 nitrogen and oxygen atoms in total. The van der Waals surface area contributed by atoms with Gasteiger partial charge in [-0.2, -0.15) is 0 Å². The van der Waals surface area contributed by atoms with Gasteiger partial charge in [0, 0.05) is 6.42 Å². The molecule has 2 aromatic carbocycles. The highest BCUT2D eigenvalue weighted by Gasteiger charge is 2.22. The average molecular weight is 351 g/mol. The standard InChI is InChI=1S/C20H21N3O3/c1-14-21-16-10-6-7-11-18(16)23(14)13-19(24)22-17(20(25)26-2)12-15-8-4-3-5-9-15/h3-11,17H,12-13H2,1-2H3,(H,22,24). The molecule has 0 aliphatic rings. The topological polar surface area (TPSA) is 73.2 Å². The highest BCUT2D eigenvalue weighted by Crippen LogP contribution is 2.15. The SMILES string of the molecule is COC(=O)C(Cc1ccccc1)NC(=O)Cn1c(C)nc2ccccc21. The largest absolute Gasteiger partial charge is 0.467 e. The minimum absolute atomic E-state index is 0.0919. The first-order chi connectivity index (χ1) is 12.6. The van der Waals surface area contributed by atoms with Crippen LogP contribution in [0, 0.1) is 6.92 Å². The Bertz CT molecular complexity index is 918. The maximum absolute atomic E-state index is 12.6. The molecule has 6 heteroatoms. The molecule has 0 radical (unpaired) electrons. The van der Waals surface area contributed by atoms with E-state index in [0.29, 0.717) is 6.42 Å². The number of hydrogen-bond donors (Lipinski definition) is 1. The van der Waals surface area contributed by atoms with Gasteiger partial charge in [-0.3, -0.25) is 4.79 Å². The van der Waals surface area contributed by atoms with Crippen molar-refractivity contribution in [2.24, 2.45) is 0 Å². The first-order valence-electron chi connectivity index (χ1n) is 8.41. The summed E-state index contributed by atoms with van der Waals surface area (Å²) in [6.07, 6.45) is 0.378. The normalized spacial score (nSPS) is 11.9. The average Bonchev–Trinajstić information content (AvgIpc) is 2.97. The lowest BCUT2D eigenvalue weighted by molar-refractivity contribution is -0.145. The molecular weight excluding hydrogens is 330 g/mol. The van der Waals surface area contributed by atoms with Gasteiger partial charge in [0.2, 0.25) is 5.91 Å². The van der Waals surface area contributed by atoms with E-state index in [1.165, 1.54) is 7.11 Å². The van der Waals surface area contributed by atoms with Crippen LogP contribution in [-0.2, 0) is 27.3 Å². The van der Waals surface area contributed by atoms with Crippen molar-refractivity contribution in [2.75, 3.05) is 7.11 Å². The Morgan fingerprint density at radius 2 is 1.81 bits per heavy atom. The van der Waals surface area contributed by atoms with Crippen molar-refractivity contribution in [2.45, 2.75) is 25.9 Å². The third kappa shape index (κ3) is 3.91. The second-order valence-corrected chi connectivity index (χ2v) is 6.07. The zero-order valence-corrected chi connectivity index (χ0v) is 14.8. The van der Waals surface area contributed by atoms with Gasteiger partial charge in [-0.25, -0.2) is 9.78 Å². The van der Waals surface area contributed by atoms with Crippen molar-refractivity contribution in [3.63, 3.8) is 0 Å². The van der Waals surface area contributed by atoms with Crippen LogP contribution in [0.1, 0.15) is 11.4 Å². The number of rotatable bonds is 6. The first kappa shape index (κ1) is 17.7. The van der Waals surface area contributed by atoms with Gasteiger partial charge in [0.25, 0.3) is 0 Å². The molecule has 0 saturated carbocycles. The molecule has 0 spiro atoms. The molecule has 1 atom stereocenters. The predicted octanol–water partition coefficient (Wildman–Crippen LogP) is 2.25. The number of benzene rings is 2. The number of aryl methyl sites for hydroxylation is 1. The van der Waals surface area contributed by atoms with E-state index in [4.69, 9.17) is 4.74 Å². The lowest BCUT2D eigenvalue weighted by Gasteiger charge is -2.17. The zero-order valence-electron chi connectivity index (χ0n) is 14.8. The maximum atomic E-state index is 12.6. The van der Waals surface area contributed by atoms with Gasteiger partial charge >= 0.3 is 5.97 Å². The Kier molecular flexibility index (Phi) is 5.31. The van der Waals surface area contributed by atoms with Crippen LogP contribution in [0.4, 0.5) is 0 Å². The van der Waals surface area contributed by atoms with Gasteiger partial charge < -0.3 is 14.6 Å². The Labute approximate surface area is 151 Å². The summed E-state index contributed by atoms with van der Waals surface area (Å²) in [5.41, 5.74) is 2.68. The van der Waals surface area contributed by atoms with Gasteiger partial charge in [-0.15, -0.1) is 0 Å². The third-order valence-corrected chi connectivity index (χ3v) is 4.25. The van der Waals surface area contributed by atoms with Crippen molar-refractivity contribution in [3.8, 4) is 0 Å². The summed E-state index contributed by atoms with van der Waals surface area (Å²) in [5, 5.41) is 2.78. The van der Waals surface area contributed by atoms with Crippen LogP contribution in [0.2, 0.25) is 0 Å². The second-order valence-electron chi connectivity index (χ2n) is 6.07. The van der Waals surface area contributed by atoms with Crippen LogP contribution in [0.3, 0.4) is 0 Å². The van der Waals surface area contributed by atoms with Gasteiger partial charge in [-0.05, 0) is 24.6 Å². The number of ether oxygens (including phenoxy) is 1. The van der Waals surface area contributed by atoms with E-state index in [-0.39, 0.29) is 12.5 Å². The summed E-state index contributed by atoms with van der Waals surface area (Å²) in [5.74, 6) is 0.0241. The van der Waals surface area contributed by atoms with E-state index in [9.17, 15) is 9.59 Å². The zero-order chi connectivity index (χ0) is 18.5. The van der Waals surface area contributed by atoms with Crippen molar-refractivity contribution >= 4 is 22.9 Å². The van der Waals surface area contributed by atoms with Crippen molar-refractivity contribution < 1.29 is 14.3 Å². The molecule has 3 rings (SSSR count). The Balaban J connectivity index is 1.75. The summed E-state index contributed by atoms with van der Waals surface area (Å²) >= 11 is 0. The molecular formula is C20H21N3O3. The molecule has 3 aromatic rings. The number of methoxy groups -OCH3 is 1. The number of imidazole rings is 1. The fourth-order valence-corrected chi connectivity index (χ4v) is 2.96. The molecule has 1 heterocycles. The molecule has 1 amide bonds. The number of carbonyl (C=O) groups is 2. The summed E-state index contributed by atoms with van der Waals surface area (Å²) in [4.78, 5) is 29.1. The minimum Gasteiger partial charge on any atom is -0.467 e. The number of fused-ring (bicyclic) bond motifs is 1. The molecule has 0 aliphatic carbocycles. The smallest absolute Gasteiger partial charge is 0.328 e. The van der Waals surface area contributed by atoms with Crippen molar-refractivity contribution in [1.29, 1.82) is 0 Å². The molecule has 1 aromatic heterocycles. The highest BCUT2D eigenvalue weighted by atomic mass is 16.5. The molecule has 0 fully saturated rings. The Hall–Kier alpha value is -3.15. The number of amides is 1. The Morgan fingerprint density at radius 3 is 2.54 bits per heavy atom. The summed E-state index contributed by atoms with van der Waals surface area (Å²) in [6, 6.07) is 16.4. The van der Waals surface area contributed by atoms with E-state index < -0.39 is 12.0 Å². The van der Waals surface area contributed by atoms with Crippen LogP contribution < -0.4 is 5.32 Å². The fourth-order valence-electron chi connectivity index (χ4n) is 2.96. The lowest BCUT2D eigenvalue weighted by Crippen LogP contribution is -2.44. The third-order valence-electron chi connectivity index (χ3n) is 4.25. The molecule has 0 bridgehead atoms. The first-order valence-corrected chi connectivity index (χ1v) is 8.41. The highest BCUT2D eigenvalue weighted by molar-refractivity contribution is 5.86. The van der Waals surface area contributed by atoms with Crippen LogP contribution in [0.5, 0.6) is 0 Å². The van der Waals surface area contributed by atoms with Crippen LogP contribution in [-0.4, -0.2) is 34.6 Å². The maximum Gasteiger partial charge on any atom is 0.328 e. The van der Waals surface area contributed by atoms with E-state index in [1.807, 2.05) is 66.1 Å². The van der Waals surface area contributed by atoms with Gasteiger partial charge in [0.05, 0.1) is 18.1 Å². The van der Waals surface area contributed by atoms with E-state index in [0.717, 1.165) is 22.4 Å². The van der Waals surface area contributed by atoms with Crippen LogP contribution >= 0.6 is 0 Å². The summed E-state index contributed by atoms with van der Waals surface area (Å²) < 4.78 is 6.68. The quantitative estimate of drug-likeness (QED) is 0.691. The number of nitrogens with one attached hydrogen (secondary N) is 1. The summed E-state index contributed by atoms with van der Waals surface area (Å²) in [6.45, 7) is 1.95. The number of nitrogens with zero attached hydrogens (tertiary/aromatic N) is 2. The number of carbonyl (C=O) groups excluding carboxylic acids is 2. The lowest BCUT2D eigenvalue weighted by atomic mass is 10.1. The molecule has 1 unspecified atom stereocenters. The number of esters is 1. The van der Waals surface area contributed by atoms with E-state index >= 15 is 0 Å². The van der Waals surface area contributed by atoms with Crippen molar-refractivity contribution in [1.82, 2.24) is 14.9 Å². The minimum atomic E-state index is -0.731. The van der Waals surface area contributed by atoms with E-state index in [1.54, 1.807) is 0 Å². The van der Waals surface area contributed by atoms with Gasteiger partial charge in [-0.1, -0.05) is 42.5 Å². The number of aromatic nitrogens is 2. The van der Waals surface area contributed by atoms with Gasteiger partial charge in [0.15, 0.2) is 0 Å². The number of hydrogen-bond acceptors (Lipinski definition) is 4. The monoisotopic (exact) mass is 351 g/mol. The van der Waals surface area contributed by atoms with Gasteiger partial charge in [0.1, 0.15) is 18.4 Å². The molecule has 0 saturated heterocycles. The van der Waals surface area contributed by atoms with Crippen LogP contribution in [0.25, 0.3) is 11.0 Å². The van der Waals surface area contributed by atoms with Crippen LogP contribution in [0.15, 0.2) is 54.6 Å². The van der Waals surface area contributed by atoms with Crippen molar-refractivity contribution in [3.05, 3.63) is 66.0 Å². The summed E-state index contributed by atoms with van der Waals surface area (Å²) in [7, 11) is 1.32. The molecule has 0 aliphatic heterocycles. The Morgan fingerprint density at radius 1 is 1.12 bits per heavy atom. The fraction of sp³-hybridized carbons (Fsp3) is 0.250. The van der Waals surface area contributed by atoms with E-state index in [2.05, 4.69) is 10.3 Å². The predicted molar refractivity (Wildman–Crippen MR) is 98.6 cm³/mol.